The predicted octanol–water partition coefficient (Wildman–Crippen LogP) is 4.72. The normalized spacial score (nSPS) is 12.0. The molecule has 0 aliphatic heterocycles. The molecule has 0 aliphatic rings. The van der Waals surface area contributed by atoms with E-state index in [9.17, 15) is 9.59 Å². The number of hydrogen-bond acceptors (Lipinski definition) is 4. The summed E-state index contributed by atoms with van der Waals surface area (Å²) in [5, 5.41) is 3.79. The molecule has 0 fully saturated rings. The fourth-order valence-electron chi connectivity index (χ4n) is 2.76. The molecule has 0 unspecified atom stereocenters. The van der Waals surface area contributed by atoms with E-state index in [0.29, 0.717) is 21.6 Å². The molecule has 2 aromatic carbocycles. The number of nitrogens with one attached hydrogen (secondary N) is 1. The fourth-order valence-corrected chi connectivity index (χ4v) is 2.89. The van der Waals surface area contributed by atoms with Crippen molar-refractivity contribution in [3.8, 4) is 17.1 Å². The van der Waals surface area contributed by atoms with Gasteiger partial charge in [0.25, 0.3) is 5.91 Å². The van der Waals surface area contributed by atoms with Crippen LogP contribution in [0.15, 0.2) is 51.7 Å². The van der Waals surface area contributed by atoms with Crippen molar-refractivity contribution in [1.29, 1.82) is 0 Å². The number of aryl methyl sites for hydroxylation is 1. The molecular formula is C22H22ClNO4. The molecule has 1 amide bonds. The van der Waals surface area contributed by atoms with E-state index < -0.39 is 0 Å². The van der Waals surface area contributed by atoms with Gasteiger partial charge in [0, 0.05) is 16.6 Å². The Morgan fingerprint density at radius 2 is 1.93 bits per heavy atom. The first kappa shape index (κ1) is 20.0. The number of fused-ring (bicyclic) bond motifs is 1. The van der Waals surface area contributed by atoms with Crippen LogP contribution in [0, 0.1) is 6.92 Å². The summed E-state index contributed by atoms with van der Waals surface area (Å²) in [7, 11) is 0. The second kappa shape index (κ2) is 8.48. The quantitative estimate of drug-likeness (QED) is 0.651. The van der Waals surface area contributed by atoms with Crippen molar-refractivity contribution in [3.05, 3.63) is 63.3 Å². The number of ether oxygens (including phenoxy) is 1. The highest BCUT2D eigenvalue weighted by Crippen LogP contribution is 2.31. The summed E-state index contributed by atoms with van der Waals surface area (Å²) in [6.07, 6.45) is 0.805. The van der Waals surface area contributed by atoms with Gasteiger partial charge in [-0.25, -0.2) is 0 Å². The van der Waals surface area contributed by atoms with Gasteiger partial charge in [0.1, 0.15) is 5.58 Å². The first-order valence-corrected chi connectivity index (χ1v) is 9.52. The van der Waals surface area contributed by atoms with Gasteiger partial charge in [-0.3, -0.25) is 9.59 Å². The standard InChI is InChI=1S/C22H22ClNO4/c1-4-14(3)24-19(25)12-27-22-20(26)17-10-5-13(2)11-18(17)28-21(22)15-6-8-16(23)9-7-15/h5-11,14H,4,12H2,1-3H3,(H,24,25)/t14-/m0/s1. The molecule has 146 valence electrons. The van der Waals surface area contributed by atoms with Gasteiger partial charge in [0.05, 0.1) is 5.39 Å². The van der Waals surface area contributed by atoms with E-state index in [2.05, 4.69) is 5.32 Å². The molecule has 0 aliphatic carbocycles. The highest BCUT2D eigenvalue weighted by Gasteiger charge is 2.19. The van der Waals surface area contributed by atoms with Gasteiger partial charge >= 0.3 is 0 Å². The molecule has 5 nitrogen and oxygen atoms in total. The smallest absolute Gasteiger partial charge is 0.258 e. The highest BCUT2D eigenvalue weighted by molar-refractivity contribution is 6.30. The van der Waals surface area contributed by atoms with Gasteiger partial charge < -0.3 is 14.5 Å². The third-order valence-corrected chi connectivity index (χ3v) is 4.73. The number of carbonyl (C=O) groups excluding carboxylic acids is 1. The molecular weight excluding hydrogens is 378 g/mol. The van der Waals surface area contributed by atoms with Crippen LogP contribution in [0.4, 0.5) is 0 Å². The van der Waals surface area contributed by atoms with E-state index >= 15 is 0 Å². The summed E-state index contributed by atoms with van der Waals surface area (Å²) in [6, 6.07) is 12.3. The zero-order valence-corrected chi connectivity index (χ0v) is 16.8. The van der Waals surface area contributed by atoms with Crippen LogP contribution in [0.1, 0.15) is 25.8 Å². The molecule has 1 atom stereocenters. The van der Waals surface area contributed by atoms with Crippen LogP contribution in [0.5, 0.6) is 5.75 Å². The van der Waals surface area contributed by atoms with Crippen LogP contribution in [0.3, 0.4) is 0 Å². The molecule has 6 heteroatoms. The second-order valence-electron chi connectivity index (χ2n) is 6.76. The maximum atomic E-state index is 13.0. The van der Waals surface area contributed by atoms with Crippen LogP contribution in [-0.4, -0.2) is 18.6 Å². The minimum Gasteiger partial charge on any atom is -0.476 e. The van der Waals surface area contributed by atoms with Crippen LogP contribution in [-0.2, 0) is 4.79 Å². The molecule has 0 bridgehead atoms. The molecule has 0 radical (unpaired) electrons. The molecule has 1 aromatic heterocycles. The highest BCUT2D eigenvalue weighted by atomic mass is 35.5. The molecule has 0 saturated carbocycles. The molecule has 1 heterocycles. The van der Waals surface area contributed by atoms with Gasteiger partial charge in [-0.1, -0.05) is 24.6 Å². The third kappa shape index (κ3) is 4.37. The van der Waals surface area contributed by atoms with Gasteiger partial charge in [0.2, 0.25) is 11.2 Å². The number of rotatable bonds is 6. The van der Waals surface area contributed by atoms with Gasteiger partial charge in [-0.05, 0) is 62.2 Å². The summed E-state index contributed by atoms with van der Waals surface area (Å²) in [5.74, 6) is -0.00565. The molecule has 1 N–H and O–H groups in total. The number of halogens is 1. The first-order valence-electron chi connectivity index (χ1n) is 9.14. The van der Waals surface area contributed by atoms with E-state index in [4.69, 9.17) is 20.8 Å². The molecule has 3 aromatic rings. The first-order chi connectivity index (χ1) is 13.4. The third-order valence-electron chi connectivity index (χ3n) is 4.48. The lowest BCUT2D eigenvalue weighted by Gasteiger charge is -2.14. The maximum Gasteiger partial charge on any atom is 0.258 e. The fraction of sp³-hybridized carbons (Fsp3) is 0.273. The Hall–Kier alpha value is -2.79. The number of amides is 1. The average Bonchev–Trinajstić information content (AvgIpc) is 2.67. The van der Waals surface area contributed by atoms with Gasteiger partial charge in [-0.2, -0.15) is 0 Å². The topological polar surface area (TPSA) is 68.5 Å². The van der Waals surface area contributed by atoms with Crippen molar-refractivity contribution in [2.24, 2.45) is 0 Å². The Morgan fingerprint density at radius 1 is 1.21 bits per heavy atom. The molecule has 3 rings (SSSR count). The van der Waals surface area contributed by atoms with Crippen LogP contribution in [0.2, 0.25) is 5.02 Å². The van der Waals surface area contributed by atoms with E-state index in [-0.39, 0.29) is 35.5 Å². The van der Waals surface area contributed by atoms with E-state index in [1.807, 2.05) is 26.8 Å². The Bertz CT molecular complexity index is 1060. The maximum absolute atomic E-state index is 13.0. The van der Waals surface area contributed by atoms with E-state index in [1.54, 1.807) is 36.4 Å². The Kier molecular flexibility index (Phi) is 6.05. The Labute approximate surface area is 168 Å². The number of hydrogen-bond donors (Lipinski definition) is 1. The largest absolute Gasteiger partial charge is 0.476 e. The summed E-state index contributed by atoms with van der Waals surface area (Å²) in [6.45, 7) is 5.53. The predicted molar refractivity (Wildman–Crippen MR) is 111 cm³/mol. The Balaban J connectivity index is 2.05. The molecule has 0 spiro atoms. The van der Waals surface area contributed by atoms with E-state index in [1.165, 1.54) is 0 Å². The number of carbonyl (C=O) groups is 1. The summed E-state index contributed by atoms with van der Waals surface area (Å²) in [4.78, 5) is 25.2. The molecule has 28 heavy (non-hydrogen) atoms. The van der Waals surface area contributed by atoms with Gasteiger partial charge in [0.15, 0.2) is 12.4 Å². The number of benzene rings is 2. The minimum absolute atomic E-state index is 0.0120. The van der Waals surface area contributed by atoms with Crippen molar-refractivity contribution >= 4 is 28.5 Å². The molecule has 0 saturated heterocycles. The van der Waals surface area contributed by atoms with Crippen molar-refractivity contribution in [2.45, 2.75) is 33.2 Å². The Morgan fingerprint density at radius 3 is 2.61 bits per heavy atom. The lowest BCUT2D eigenvalue weighted by molar-refractivity contribution is -0.123. The van der Waals surface area contributed by atoms with Gasteiger partial charge in [-0.15, -0.1) is 0 Å². The lowest BCUT2D eigenvalue weighted by Crippen LogP contribution is -2.36. The minimum atomic E-state index is -0.317. The summed E-state index contributed by atoms with van der Waals surface area (Å²) >= 11 is 5.97. The van der Waals surface area contributed by atoms with Crippen LogP contribution < -0.4 is 15.5 Å². The second-order valence-corrected chi connectivity index (χ2v) is 7.20. The van der Waals surface area contributed by atoms with Crippen molar-refractivity contribution in [2.75, 3.05) is 6.61 Å². The van der Waals surface area contributed by atoms with Crippen LogP contribution in [0.25, 0.3) is 22.3 Å². The summed E-state index contributed by atoms with van der Waals surface area (Å²) < 4.78 is 11.7. The van der Waals surface area contributed by atoms with E-state index in [0.717, 1.165) is 12.0 Å². The van der Waals surface area contributed by atoms with Crippen molar-refractivity contribution < 1.29 is 13.9 Å². The average molecular weight is 400 g/mol. The zero-order chi connectivity index (χ0) is 20.3. The van der Waals surface area contributed by atoms with Crippen molar-refractivity contribution in [1.82, 2.24) is 5.32 Å². The van der Waals surface area contributed by atoms with Crippen LogP contribution >= 0.6 is 11.6 Å². The van der Waals surface area contributed by atoms with Crippen molar-refractivity contribution in [3.63, 3.8) is 0 Å². The SMILES string of the molecule is CC[C@H](C)NC(=O)COc1c(-c2ccc(Cl)cc2)oc2cc(C)ccc2c1=O. The lowest BCUT2D eigenvalue weighted by atomic mass is 10.1. The monoisotopic (exact) mass is 399 g/mol. The summed E-state index contributed by atoms with van der Waals surface area (Å²) in [5.41, 5.74) is 1.76. The zero-order valence-electron chi connectivity index (χ0n) is 16.0.